The SMILES string of the molecule is O=C(CN1C(=O)NC(Cc2ccccc2)C1=O)Nc1cccc(S(=O)(=O)N2CCOCC2)c1. The van der Waals surface area contributed by atoms with Gasteiger partial charge < -0.3 is 15.4 Å². The van der Waals surface area contributed by atoms with Crippen molar-refractivity contribution in [2.24, 2.45) is 0 Å². The number of carbonyl (C=O) groups is 3. The van der Waals surface area contributed by atoms with E-state index in [1.54, 1.807) is 6.07 Å². The van der Waals surface area contributed by atoms with Gasteiger partial charge >= 0.3 is 6.03 Å². The van der Waals surface area contributed by atoms with Gasteiger partial charge in [0.05, 0.1) is 18.1 Å². The summed E-state index contributed by atoms with van der Waals surface area (Å²) >= 11 is 0. The molecule has 2 aromatic carbocycles. The number of hydrogen-bond donors (Lipinski definition) is 2. The molecule has 0 spiro atoms. The molecule has 2 N–H and O–H groups in total. The highest BCUT2D eigenvalue weighted by Crippen LogP contribution is 2.21. The minimum atomic E-state index is -3.72. The highest BCUT2D eigenvalue weighted by molar-refractivity contribution is 7.89. The molecular weight excluding hydrogens is 448 g/mol. The molecule has 174 valence electrons. The monoisotopic (exact) mass is 472 g/mol. The van der Waals surface area contributed by atoms with Crippen molar-refractivity contribution in [2.45, 2.75) is 17.4 Å². The van der Waals surface area contributed by atoms with Gasteiger partial charge in [0.2, 0.25) is 15.9 Å². The predicted octanol–water partition coefficient (Wildman–Crippen LogP) is 0.809. The van der Waals surface area contributed by atoms with Gasteiger partial charge in [-0.1, -0.05) is 36.4 Å². The van der Waals surface area contributed by atoms with Gasteiger partial charge in [-0.05, 0) is 23.8 Å². The van der Waals surface area contributed by atoms with E-state index < -0.39 is 40.5 Å². The van der Waals surface area contributed by atoms with E-state index in [0.717, 1.165) is 10.5 Å². The van der Waals surface area contributed by atoms with Gasteiger partial charge in [-0.2, -0.15) is 4.31 Å². The number of urea groups is 1. The van der Waals surface area contributed by atoms with Crippen molar-refractivity contribution in [3.8, 4) is 0 Å². The fourth-order valence-electron chi connectivity index (χ4n) is 3.73. The van der Waals surface area contributed by atoms with Crippen LogP contribution in [0.4, 0.5) is 10.5 Å². The van der Waals surface area contributed by atoms with Crippen LogP contribution < -0.4 is 10.6 Å². The lowest BCUT2D eigenvalue weighted by Gasteiger charge is -2.26. The molecule has 0 saturated carbocycles. The second-order valence-corrected chi connectivity index (χ2v) is 9.65. The average Bonchev–Trinajstić information content (AvgIpc) is 3.07. The van der Waals surface area contributed by atoms with E-state index in [1.807, 2.05) is 30.3 Å². The number of rotatable bonds is 7. The van der Waals surface area contributed by atoms with E-state index in [0.29, 0.717) is 19.6 Å². The number of amides is 4. The Morgan fingerprint density at radius 3 is 2.52 bits per heavy atom. The minimum Gasteiger partial charge on any atom is -0.379 e. The predicted molar refractivity (Wildman–Crippen MR) is 119 cm³/mol. The molecule has 1 unspecified atom stereocenters. The number of hydrogen-bond acceptors (Lipinski definition) is 6. The number of benzene rings is 2. The summed E-state index contributed by atoms with van der Waals surface area (Å²) in [5.74, 6) is -1.09. The number of anilines is 1. The molecule has 2 heterocycles. The van der Waals surface area contributed by atoms with E-state index in [2.05, 4.69) is 10.6 Å². The Morgan fingerprint density at radius 2 is 1.79 bits per heavy atom. The molecule has 4 rings (SSSR count). The van der Waals surface area contributed by atoms with Gasteiger partial charge in [-0.15, -0.1) is 0 Å². The molecule has 2 fully saturated rings. The Labute approximate surface area is 191 Å². The zero-order chi connectivity index (χ0) is 23.4. The number of ether oxygens (including phenoxy) is 1. The smallest absolute Gasteiger partial charge is 0.325 e. The first-order chi connectivity index (χ1) is 15.8. The molecule has 2 aliphatic rings. The fourth-order valence-corrected chi connectivity index (χ4v) is 5.18. The summed E-state index contributed by atoms with van der Waals surface area (Å²) in [6.07, 6.45) is 0.324. The lowest BCUT2D eigenvalue weighted by atomic mass is 10.1. The maximum absolute atomic E-state index is 12.8. The molecule has 2 aliphatic heterocycles. The normalized spacial score (nSPS) is 19.4. The van der Waals surface area contributed by atoms with Crippen molar-refractivity contribution in [1.29, 1.82) is 0 Å². The van der Waals surface area contributed by atoms with Crippen LogP contribution in [0.5, 0.6) is 0 Å². The molecule has 10 nitrogen and oxygen atoms in total. The summed E-state index contributed by atoms with van der Waals surface area (Å²) < 4.78 is 32.2. The van der Waals surface area contributed by atoms with Crippen molar-refractivity contribution >= 4 is 33.6 Å². The van der Waals surface area contributed by atoms with Crippen LogP contribution in [0.15, 0.2) is 59.5 Å². The summed E-state index contributed by atoms with van der Waals surface area (Å²) in [6, 6.07) is 13.7. The molecule has 4 amide bonds. The van der Waals surface area contributed by atoms with Crippen LogP contribution in [0.25, 0.3) is 0 Å². The first-order valence-electron chi connectivity index (χ1n) is 10.5. The number of nitrogens with zero attached hydrogens (tertiary/aromatic N) is 2. The molecular formula is C22H24N4O6S. The molecule has 0 aromatic heterocycles. The minimum absolute atomic E-state index is 0.0418. The molecule has 0 radical (unpaired) electrons. The Kier molecular flexibility index (Phi) is 6.72. The quantitative estimate of drug-likeness (QED) is 0.575. The number of nitrogens with one attached hydrogen (secondary N) is 2. The first-order valence-corrected chi connectivity index (χ1v) is 11.9. The maximum Gasteiger partial charge on any atom is 0.325 e. The van der Waals surface area contributed by atoms with E-state index in [-0.39, 0.29) is 23.7 Å². The Balaban J connectivity index is 1.39. The third-order valence-electron chi connectivity index (χ3n) is 5.42. The van der Waals surface area contributed by atoms with Crippen LogP contribution in [0.3, 0.4) is 0 Å². The van der Waals surface area contributed by atoms with Crippen molar-refractivity contribution < 1.29 is 27.5 Å². The van der Waals surface area contributed by atoms with E-state index in [9.17, 15) is 22.8 Å². The zero-order valence-electron chi connectivity index (χ0n) is 17.8. The van der Waals surface area contributed by atoms with Gasteiger partial charge in [0, 0.05) is 25.2 Å². The summed E-state index contributed by atoms with van der Waals surface area (Å²) in [5, 5.41) is 5.17. The standard InChI is InChI=1S/C22H24N4O6S/c27-20(15-26-21(28)19(24-22(26)29)13-16-5-2-1-3-6-16)23-17-7-4-8-18(14-17)33(30,31)25-9-11-32-12-10-25/h1-8,14,19H,9-13,15H2,(H,23,27)(H,24,29). The topological polar surface area (TPSA) is 125 Å². The molecule has 2 saturated heterocycles. The third-order valence-corrected chi connectivity index (χ3v) is 7.31. The van der Waals surface area contributed by atoms with Crippen LogP contribution in [-0.2, 0) is 30.8 Å². The highest BCUT2D eigenvalue weighted by atomic mass is 32.2. The van der Waals surface area contributed by atoms with Crippen molar-refractivity contribution in [1.82, 2.24) is 14.5 Å². The van der Waals surface area contributed by atoms with Crippen LogP contribution in [0.2, 0.25) is 0 Å². The number of carbonyl (C=O) groups excluding carboxylic acids is 3. The maximum atomic E-state index is 12.8. The Morgan fingerprint density at radius 1 is 1.06 bits per heavy atom. The number of morpholine rings is 1. The number of imide groups is 1. The van der Waals surface area contributed by atoms with Crippen LogP contribution in [0.1, 0.15) is 5.56 Å². The Bertz CT molecular complexity index is 1150. The molecule has 11 heteroatoms. The summed E-state index contributed by atoms with van der Waals surface area (Å²) in [7, 11) is -3.72. The van der Waals surface area contributed by atoms with Crippen molar-refractivity contribution in [3.63, 3.8) is 0 Å². The van der Waals surface area contributed by atoms with E-state index in [1.165, 1.54) is 22.5 Å². The zero-order valence-corrected chi connectivity index (χ0v) is 18.6. The van der Waals surface area contributed by atoms with Crippen LogP contribution in [-0.4, -0.2) is 74.4 Å². The summed E-state index contributed by atoms with van der Waals surface area (Å²) in [5.41, 5.74) is 1.14. The summed E-state index contributed by atoms with van der Waals surface area (Å²) in [4.78, 5) is 38.3. The largest absolute Gasteiger partial charge is 0.379 e. The molecule has 33 heavy (non-hydrogen) atoms. The second-order valence-electron chi connectivity index (χ2n) is 7.71. The third kappa shape index (κ3) is 5.21. The van der Waals surface area contributed by atoms with Crippen LogP contribution in [0, 0.1) is 0 Å². The van der Waals surface area contributed by atoms with Crippen molar-refractivity contribution in [2.75, 3.05) is 38.2 Å². The molecule has 0 aliphatic carbocycles. The average molecular weight is 473 g/mol. The van der Waals surface area contributed by atoms with E-state index in [4.69, 9.17) is 4.74 Å². The van der Waals surface area contributed by atoms with Gasteiger partial charge in [-0.25, -0.2) is 13.2 Å². The van der Waals surface area contributed by atoms with Crippen molar-refractivity contribution in [3.05, 3.63) is 60.2 Å². The molecule has 2 aromatic rings. The lowest BCUT2D eigenvalue weighted by molar-refractivity contribution is -0.130. The van der Waals surface area contributed by atoms with Crippen LogP contribution >= 0.6 is 0 Å². The first kappa shape index (κ1) is 22.9. The van der Waals surface area contributed by atoms with E-state index >= 15 is 0 Å². The second kappa shape index (κ2) is 9.69. The summed E-state index contributed by atoms with van der Waals surface area (Å²) in [6.45, 7) is 0.695. The van der Waals surface area contributed by atoms with Gasteiger partial charge in [-0.3, -0.25) is 14.5 Å². The Hall–Kier alpha value is -3.28. The highest BCUT2D eigenvalue weighted by Gasteiger charge is 2.39. The van der Waals surface area contributed by atoms with Gasteiger partial charge in [0.1, 0.15) is 12.6 Å². The molecule has 0 bridgehead atoms. The fraction of sp³-hybridized carbons (Fsp3) is 0.318. The van der Waals surface area contributed by atoms with Gasteiger partial charge in [0.15, 0.2) is 0 Å². The molecule has 1 atom stereocenters. The number of sulfonamides is 1. The lowest BCUT2D eigenvalue weighted by Crippen LogP contribution is -2.40. The van der Waals surface area contributed by atoms with Gasteiger partial charge in [0.25, 0.3) is 5.91 Å².